The van der Waals surface area contributed by atoms with E-state index in [2.05, 4.69) is 41.0 Å². The van der Waals surface area contributed by atoms with Gasteiger partial charge in [0.25, 0.3) is 0 Å². The van der Waals surface area contributed by atoms with Gasteiger partial charge in [0.2, 0.25) is 0 Å². The van der Waals surface area contributed by atoms with Crippen LogP contribution in [0.5, 0.6) is 0 Å². The highest BCUT2D eigenvalue weighted by molar-refractivity contribution is 7.19. The number of hydrogen-bond acceptors (Lipinski definition) is 6. The molecule has 4 amide bonds. The zero-order chi connectivity index (χ0) is 29.8. The van der Waals surface area contributed by atoms with Crippen LogP contribution in [0, 0.1) is 0 Å². The van der Waals surface area contributed by atoms with Gasteiger partial charge in [-0.05, 0) is 89.6 Å². The van der Waals surface area contributed by atoms with Crippen molar-refractivity contribution in [3.05, 3.63) is 48.0 Å². The molecule has 41 heavy (non-hydrogen) atoms. The van der Waals surface area contributed by atoms with Crippen LogP contribution >= 0.6 is 11.3 Å². The Hall–Kier alpha value is -3.53. The van der Waals surface area contributed by atoms with Crippen LogP contribution in [0.15, 0.2) is 42.5 Å². The average Bonchev–Trinajstić information content (AvgIpc) is 3.35. The minimum Gasteiger partial charge on any atom is -0.444 e. The lowest BCUT2D eigenvalue weighted by molar-refractivity contribution is 0.0200. The van der Waals surface area contributed by atoms with Crippen LogP contribution in [-0.2, 0) is 9.47 Å². The predicted molar refractivity (Wildman–Crippen MR) is 163 cm³/mol. The molecule has 0 radical (unpaired) electrons. The Balaban J connectivity index is 1.25. The quantitative estimate of drug-likeness (QED) is 0.406. The molecule has 2 aromatic rings. The van der Waals surface area contributed by atoms with E-state index in [-0.39, 0.29) is 24.3 Å². The fraction of sp³-hybridized carbons (Fsp3) is 0.516. The van der Waals surface area contributed by atoms with E-state index in [4.69, 9.17) is 9.47 Å². The first-order chi connectivity index (χ1) is 19.3. The molecule has 2 N–H and O–H groups in total. The maximum atomic E-state index is 12.6. The van der Waals surface area contributed by atoms with Crippen molar-refractivity contribution in [1.82, 2.24) is 15.1 Å². The largest absolute Gasteiger partial charge is 0.444 e. The minimum atomic E-state index is -0.520. The number of ether oxygens (including phenoxy) is 2. The van der Waals surface area contributed by atoms with Crippen LogP contribution in [0.3, 0.4) is 0 Å². The molecule has 1 aromatic heterocycles. The molecule has 222 valence electrons. The van der Waals surface area contributed by atoms with Crippen LogP contribution in [-0.4, -0.2) is 71.4 Å². The summed E-state index contributed by atoms with van der Waals surface area (Å²) in [5.41, 5.74) is 2.42. The number of piperidine rings is 1. The number of nitrogens with zero attached hydrogens (tertiary/aromatic N) is 2. The van der Waals surface area contributed by atoms with E-state index >= 15 is 0 Å². The normalized spacial score (nSPS) is 16.6. The van der Waals surface area contributed by atoms with Crippen molar-refractivity contribution in [2.75, 3.05) is 31.5 Å². The lowest BCUT2D eigenvalue weighted by atomic mass is 9.98. The molecule has 1 aromatic carbocycles. The summed E-state index contributed by atoms with van der Waals surface area (Å²) in [6, 6.07) is 12.1. The Morgan fingerprint density at radius 2 is 1.39 bits per heavy atom. The molecule has 10 heteroatoms. The smallest absolute Gasteiger partial charge is 0.410 e. The van der Waals surface area contributed by atoms with Crippen LogP contribution < -0.4 is 10.6 Å². The molecular weight excluding hydrogens is 540 g/mol. The number of carbonyl (C=O) groups excluding carboxylic acids is 3. The van der Waals surface area contributed by atoms with E-state index in [0.29, 0.717) is 39.0 Å². The van der Waals surface area contributed by atoms with E-state index < -0.39 is 11.2 Å². The van der Waals surface area contributed by atoms with Crippen molar-refractivity contribution < 1.29 is 23.9 Å². The Kier molecular flexibility index (Phi) is 9.31. The van der Waals surface area contributed by atoms with Crippen molar-refractivity contribution >= 4 is 40.1 Å². The van der Waals surface area contributed by atoms with Gasteiger partial charge in [-0.1, -0.05) is 30.3 Å². The molecule has 0 atom stereocenters. The van der Waals surface area contributed by atoms with E-state index in [1.54, 1.807) is 9.80 Å². The van der Waals surface area contributed by atoms with Crippen LogP contribution in [0.2, 0.25) is 0 Å². The molecule has 1 fully saturated rings. The molecule has 0 bridgehead atoms. The number of thiophene rings is 1. The fourth-order valence-corrected chi connectivity index (χ4v) is 5.61. The highest BCUT2D eigenvalue weighted by atomic mass is 32.1. The van der Waals surface area contributed by atoms with Gasteiger partial charge in [0.1, 0.15) is 11.2 Å². The molecule has 3 heterocycles. The third-order valence-electron chi connectivity index (χ3n) is 6.73. The summed E-state index contributed by atoms with van der Waals surface area (Å²) in [5, 5.41) is 6.74. The summed E-state index contributed by atoms with van der Waals surface area (Å²) in [6.07, 6.45) is 3.66. The number of amides is 4. The SMILES string of the molecule is CC(C)(C)OC(=O)N1CC=C(c2ccc(-c3ccc(NC(=O)NC4CCN(C(=O)OC(C)(C)C)CC4)s3)cc2)CC1. The first-order valence-electron chi connectivity index (χ1n) is 14.2. The van der Waals surface area contributed by atoms with Crippen LogP contribution in [0.1, 0.15) is 66.4 Å². The van der Waals surface area contributed by atoms with Gasteiger partial charge in [-0.25, -0.2) is 14.4 Å². The number of rotatable bonds is 4. The van der Waals surface area contributed by atoms with Crippen molar-refractivity contribution in [3.63, 3.8) is 0 Å². The first kappa shape index (κ1) is 30.4. The first-order valence-corrected chi connectivity index (χ1v) is 15.0. The average molecular weight is 583 g/mol. The lowest BCUT2D eigenvalue weighted by Crippen LogP contribution is -2.48. The van der Waals surface area contributed by atoms with E-state index in [1.165, 1.54) is 16.9 Å². The summed E-state index contributed by atoms with van der Waals surface area (Å²) in [6.45, 7) is 13.5. The monoisotopic (exact) mass is 582 g/mol. The topological polar surface area (TPSA) is 100 Å². The van der Waals surface area contributed by atoms with Crippen LogP contribution in [0.25, 0.3) is 16.0 Å². The number of urea groups is 1. The van der Waals surface area contributed by atoms with E-state index in [0.717, 1.165) is 27.4 Å². The number of hydrogen-bond donors (Lipinski definition) is 2. The Morgan fingerprint density at radius 1 is 0.805 bits per heavy atom. The molecule has 0 unspecified atom stereocenters. The third-order valence-corrected chi connectivity index (χ3v) is 7.78. The van der Waals surface area contributed by atoms with Crippen molar-refractivity contribution in [1.29, 1.82) is 0 Å². The Bertz CT molecular complexity index is 1260. The van der Waals surface area contributed by atoms with Gasteiger partial charge in [0.05, 0.1) is 5.00 Å². The van der Waals surface area contributed by atoms with Gasteiger partial charge < -0.3 is 24.6 Å². The van der Waals surface area contributed by atoms with Gasteiger partial charge in [0.15, 0.2) is 0 Å². The summed E-state index contributed by atoms with van der Waals surface area (Å²) >= 11 is 1.52. The number of anilines is 1. The maximum absolute atomic E-state index is 12.6. The molecule has 0 aliphatic carbocycles. The molecule has 0 saturated carbocycles. The van der Waals surface area contributed by atoms with Crippen molar-refractivity contribution in [3.8, 4) is 10.4 Å². The van der Waals surface area contributed by atoms with E-state index in [9.17, 15) is 14.4 Å². The van der Waals surface area contributed by atoms with Crippen molar-refractivity contribution in [2.24, 2.45) is 0 Å². The van der Waals surface area contributed by atoms with Gasteiger partial charge in [0, 0.05) is 37.1 Å². The zero-order valence-electron chi connectivity index (χ0n) is 24.9. The minimum absolute atomic E-state index is 0.00553. The predicted octanol–water partition coefficient (Wildman–Crippen LogP) is 6.96. The number of benzene rings is 1. The molecular formula is C31H42N4O5S. The molecule has 0 spiro atoms. The summed E-state index contributed by atoms with van der Waals surface area (Å²) < 4.78 is 10.9. The second-order valence-electron chi connectivity index (χ2n) is 12.5. The number of carbonyl (C=O) groups is 3. The number of nitrogens with one attached hydrogen (secondary N) is 2. The van der Waals surface area contributed by atoms with E-state index in [1.807, 2.05) is 53.7 Å². The second-order valence-corrected chi connectivity index (χ2v) is 13.6. The highest BCUT2D eigenvalue weighted by Gasteiger charge is 2.28. The fourth-order valence-electron chi connectivity index (χ4n) is 4.70. The molecule has 2 aliphatic heterocycles. The Labute approximate surface area is 246 Å². The maximum Gasteiger partial charge on any atom is 0.410 e. The Morgan fingerprint density at radius 3 is 1.95 bits per heavy atom. The summed E-state index contributed by atoms with van der Waals surface area (Å²) in [7, 11) is 0. The standard InChI is InChI=1S/C31H42N4O5S/c1-30(2,3)39-28(37)34-17-13-22(14-18-34)21-7-9-23(10-8-21)25-11-12-26(41-25)33-27(36)32-24-15-19-35(20-16-24)29(38)40-31(4,5)6/h7-13,24H,14-20H2,1-6H3,(H2,32,33,36). The molecule has 2 aliphatic rings. The van der Waals surface area contributed by atoms with Crippen LogP contribution in [0.4, 0.5) is 19.4 Å². The highest BCUT2D eigenvalue weighted by Crippen LogP contribution is 2.33. The van der Waals surface area contributed by atoms with Gasteiger partial charge in [-0.3, -0.25) is 5.32 Å². The molecule has 9 nitrogen and oxygen atoms in total. The number of likely N-dealkylation sites (tertiary alicyclic amines) is 1. The summed E-state index contributed by atoms with van der Waals surface area (Å²) in [5.74, 6) is 0. The van der Waals surface area contributed by atoms with Gasteiger partial charge in [-0.2, -0.15) is 0 Å². The van der Waals surface area contributed by atoms with Gasteiger partial charge in [-0.15, -0.1) is 11.3 Å². The second kappa shape index (κ2) is 12.5. The zero-order valence-corrected chi connectivity index (χ0v) is 25.7. The molecule has 4 rings (SSSR count). The molecule has 1 saturated heterocycles. The lowest BCUT2D eigenvalue weighted by Gasteiger charge is -2.33. The van der Waals surface area contributed by atoms with Gasteiger partial charge >= 0.3 is 18.2 Å². The summed E-state index contributed by atoms with van der Waals surface area (Å²) in [4.78, 5) is 41.7. The van der Waals surface area contributed by atoms with Crippen molar-refractivity contribution in [2.45, 2.75) is 78.0 Å². The third kappa shape index (κ3) is 8.98.